The van der Waals surface area contributed by atoms with Gasteiger partial charge in [0.05, 0.1) is 19.3 Å². The van der Waals surface area contributed by atoms with Gasteiger partial charge in [-0.25, -0.2) is 0 Å². The van der Waals surface area contributed by atoms with Crippen LogP contribution in [0.25, 0.3) is 0 Å². The van der Waals surface area contributed by atoms with E-state index in [0.717, 1.165) is 11.3 Å². The van der Waals surface area contributed by atoms with Gasteiger partial charge in [0.2, 0.25) is 5.91 Å². The minimum atomic E-state index is -0.571. The molecule has 0 bridgehead atoms. The van der Waals surface area contributed by atoms with Crippen LogP contribution in [-0.4, -0.2) is 42.9 Å². The molecule has 1 aliphatic rings. The molecule has 1 aliphatic heterocycles. The highest BCUT2D eigenvalue weighted by molar-refractivity contribution is 5.86. The summed E-state index contributed by atoms with van der Waals surface area (Å²) in [6.45, 7) is 7.21. The van der Waals surface area contributed by atoms with Crippen LogP contribution in [0.15, 0.2) is 24.3 Å². The van der Waals surface area contributed by atoms with E-state index < -0.39 is 6.10 Å². The quantitative estimate of drug-likeness (QED) is 0.882. The Morgan fingerprint density at radius 2 is 2.10 bits per heavy atom. The number of ether oxygens (including phenoxy) is 1. The van der Waals surface area contributed by atoms with Crippen LogP contribution < -0.4 is 10.2 Å². The molecular weight excluding hydrogens is 268 g/mol. The summed E-state index contributed by atoms with van der Waals surface area (Å²) in [5.74, 6) is -0.0369. The first kappa shape index (κ1) is 15.8. The van der Waals surface area contributed by atoms with Crippen LogP contribution in [0.3, 0.4) is 0 Å². The molecule has 21 heavy (non-hydrogen) atoms. The molecule has 1 aromatic rings. The van der Waals surface area contributed by atoms with Crippen LogP contribution in [-0.2, 0) is 9.53 Å². The molecule has 0 radical (unpaired) electrons. The lowest BCUT2D eigenvalue weighted by Gasteiger charge is -2.38. The molecule has 2 rings (SSSR count). The largest absolute Gasteiger partial charge is 0.389 e. The fraction of sp³-hybridized carbons (Fsp3) is 0.562. The zero-order valence-electron chi connectivity index (χ0n) is 12.9. The second-order valence-corrected chi connectivity index (χ2v) is 5.68. The summed E-state index contributed by atoms with van der Waals surface area (Å²) in [6, 6.07) is 7.40. The number of amides is 1. The zero-order valence-corrected chi connectivity index (χ0v) is 12.9. The predicted octanol–water partition coefficient (Wildman–Crippen LogP) is 1.47. The minimum Gasteiger partial charge on any atom is -0.389 e. The van der Waals surface area contributed by atoms with Crippen molar-refractivity contribution in [3.05, 3.63) is 29.8 Å². The average Bonchev–Trinajstić information content (AvgIpc) is 2.46. The van der Waals surface area contributed by atoms with E-state index in [2.05, 4.69) is 5.32 Å². The highest BCUT2D eigenvalue weighted by Crippen LogP contribution is 2.28. The number of aliphatic hydroxyl groups is 1. The van der Waals surface area contributed by atoms with Crippen LogP contribution >= 0.6 is 0 Å². The van der Waals surface area contributed by atoms with E-state index in [4.69, 9.17) is 4.74 Å². The number of hydrogen-bond donors (Lipinski definition) is 2. The minimum absolute atomic E-state index is 0.0369. The lowest BCUT2D eigenvalue weighted by molar-refractivity contribution is -0.125. The molecule has 0 aliphatic carbocycles. The van der Waals surface area contributed by atoms with Gasteiger partial charge in [0, 0.05) is 23.8 Å². The third-order valence-electron chi connectivity index (χ3n) is 3.56. The van der Waals surface area contributed by atoms with Gasteiger partial charge < -0.3 is 20.1 Å². The number of hydrogen-bond acceptors (Lipinski definition) is 4. The van der Waals surface area contributed by atoms with Crippen molar-refractivity contribution in [3.63, 3.8) is 0 Å². The monoisotopic (exact) mass is 292 g/mol. The highest BCUT2D eigenvalue weighted by Gasteiger charge is 2.31. The first-order valence-corrected chi connectivity index (χ1v) is 7.42. The van der Waals surface area contributed by atoms with Gasteiger partial charge in [-0.1, -0.05) is 18.2 Å². The summed E-state index contributed by atoms with van der Waals surface area (Å²) in [4.78, 5) is 14.4. The molecule has 5 heteroatoms. The van der Waals surface area contributed by atoms with Crippen molar-refractivity contribution in [2.75, 3.05) is 24.7 Å². The fourth-order valence-corrected chi connectivity index (χ4v) is 2.59. The molecule has 2 N–H and O–H groups in total. The number of nitrogens with one attached hydrogen (secondary N) is 1. The number of rotatable bonds is 4. The number of carbonyl (C=O) groups is 1. The third-order valence-corrected chi connectivity index (χ3v) is 3.56. The van der Waals surface area contributed by atoms with Crippen LogP contribution in [0, 0.1) is 0 Å². The summed E-state index contributed by atoms with van der Waals surface area (Å²) in [5, 5.41) is 12.9. The van der Waals surface area contributed by atoms with Crippen molar-refractivity contribution in [3.8, 4) is 0 Å². The van der Waals surface area contributed by atoms with Crippen molar-refractivity contribution in [2.45, 2.75) is 39.0 Å². The summed E-state index contributed by atoms with van der Waals surface area (Å²) < 4.78 is 5.47. The molecule has 1 amide bonds. The first-order chi connectivity index (χ1) is 10.0. The number of aliphatic hydroxyl groups excluding tert-OH is 1. The number of nitrogens with zero attached hydrogens (tertiary/aromatic N) is 1. The fourth-order valence-electron chi connectivity index (χ4n) is 2.59. The van der Waals surface area contributed by atoms with Gasteiger partial charge >= 0.3 is 0 Å². The van der Waals surface area contributed by atoms with Gasteiger partial charge in [0.1, 0.15) is 6.04 Å². The number of benzene rings is 1. The molecule has 116 valence electrons. The summed E-state index contributed by atoms with van der Waals surface area (Å²) >= 11 is 0. The van der Waals surface area contributed by atoms with Gasteiger partial charge in [-0.15, -0.1) is 0 Å². The van der Waals surface area contributed by atoms with Crippen LogP contribution in [0.1, 0.15) is 32.4 Å². The zero-order chi connectivity index (χ0) is 15.4. The van der Waals surface area contributed by atoms with E-state index in [1.54, 1.807) is 6.92 Å². The maximum atomic E-state index is 12.4. The lowest BCUT2D eigenvalue weighted by atomic mass is 10.0. The topological polar surface area (TPSA) is 61.8 Å². The van der Waals surface area contributed by atoms with Gasteiger partial charge in [-0.05, 0) is 26.8 Å². The van der Waals surface area contributed by atoms with Crippen LogP contribution in [0.2, 0.25) is 0 Å². The summed E-state index contributed by atoms with van der Waals surface area (Å²) in [7, 11) is 0. The molecule has 0 aromatic heterocycles. The number of anilines is 1. The Morgan fingerprint density at radius 1 is 1.38 bits per heavy atom. The van der Waals surface area contributed by atoms with E-state index in [-0.39, 0.29) is 18.0 Å². The Kier molecular flexibility index (Phi) is 5.20. The molecule has 1 saturated heterocycles. The Balaban J connectivity index is 2.29. The number of para-hydroxylation sites is 1. The Hall–Kier alpha value is -1.59. The van der Waals surface area contributed by atoms with Gasteiger partial charge in [0.25, 0.3) is 0 Å². The maximum absolute atomic E-state index is 12.4. The Labute approximate surface area is 125 Å². The van der Waals surface area contributed by atoms with E-state index in [1.807, 2.05) is 43.0 Å². The van der Waals surface area contributed by atoms with E-state index in [0.29, 0.717) is 19.8 Å². The van der Waals surface area contributed by atoms with Crippen LogP contribution in [0.5, 0.6) is 0 Å². The molecule has 5 nitrogen and oxygen atoms in total. The summed E-state index contributed by atoms with van der Waals surface area (Å²) in [6.07, 6.45) is -0.571. The number of carbonyl (C=O) groups excluding carboxylic acids is 1. The first-order valence-electron chi connectivity index (χ1n) is 7.42. The molecule has 1 aromatic carbocycles. The van der Waals surface area contributed by atoms with Crippen molar-refractivity contribution < 1.29 is 14.6 Å². The standard InChI is InChI=1S/C16H24N2O3/c1-11(2)17-16(20)15-10-21-9-8-18(15)14-7-5-4-6-13(14)12(3)19/h4-7,11-12,15,19H,8-10H2,1-3H3,(H,17,20). The van der Waals surface area contributed by atoms with Crippen molar-refractivity contribution in [2.24, 2.45) is 0 Å². The maximum Gasteiger partial charge on any atom is 0.245 e. The Morgan fingerprint density at radius 3 is 2.76 bits per heavy atom. The third kappa shape index (κ3) is 3.74. The van der Waals surface area contributed by atoms with Gasteiger partial charge in [-0.3, -0.25) is 4.79 Å². The van der Waals surface area contributed by atoms with Crippen molar-refractivity contribution in [1.82, 2.24) is 5.32 Å². The molecule has 0 spiro atoms. The van der Waals surface area contributed by atoms with E-state index >= 15 is 0 Å². The van der Waals surface area contributed by atoms with Gasteiger partial charge in [-0.2, -0.15) is 0 Å². The smallest absolute Gasteiger partial charge is 0.245 e. The predicted molar refractivity (Wildman–Crippen MR) is 82.3 cm³/mol. The molecule has 1 fully saturated rings. The molecule has 1 heterocycles. The number of morpholine rings is 1. The Bertz CT molecular complexity index is 488. The summed E-state index contributed by atoms with van der Waals surface area (Å²) in [5.41, 5.74) is 1.74. The molecule has 2 atom stereocenters. The molecular formula is C16H24N2O3. The second kappa shape index (κ2) is 6.91. The SMILES string of the molecule is CC(C)NC(=O)C1COCCN1c1ccccc1C(C)O. The average molecular weight is 292 g/mol. The van der Waals surface area contributed by atoms with Crippen LogP contribution in [0.4, 0.5) is 5.69 Å². The normalized spacial score (nSPS) is 20.4. The van der Waals surface area contributed by atoms with Crippen molar-refractivity contribution >= 4 is 11.6 Å². The van der Waals surface area contributed by atoms with E-state index in [9.17, 15) is 9.90 Å². The lowest BCUT2D eigenvalue weighted by Crippen LogP contribution is -2.55. The molecule has 0 saturated carbocycles. The second-order valence-electron chi connectivity index (χ2n) is 5.68. The van der Waals surface area contributed by atoms with Gasteiger partial charge in [0.15, 0.2) is 0 Å². The van der Waals surface area contributed by atoms with E-state index in [1.165, 1.54) is 0 Å². The highest BCUT2D eigenvalue weighted by atomic mass is 16.5. The van der Waals surface area contributed by atoms with Crippen molar-refractivity contribution in [1.29, 1.82) is 0 Å². The molecule has 2 unspecified atom stereocenters.